The Morgan fingerprint density at radius 1 is 1.47 bits per heavy atom. The summed E-state index contributed by atoms with van der Waals surface area (Å²) < 4.78 is 0.793. The van der Waals surface area contributed by atoms with Gasteiger partial charge in [-0.05, 0) is 15.9 Å². The summed E-state index contributed by atoms with van der Waals surface area (Å²) in [4.78, 5) is 21.3. The summed E-state index contributed by atoms with van der Waals surface area (Å²) in [5.74, 6) is 1.49. The van der Waals surface area contributed by atoms with Crippen LogP contribution in [0.4, 0.5) is 11.6 Å². The van der Waals surface area contributed by atoms with E-state index in [9.17, 15) is 4.79 Å². The normalized spacial score (nSPS) is 9.88. The molecule has 2 N–H and O–H groups in total. The first-order chi connectivity index (χ1) is 8.10. The molecule has 0 spiro atoms. The number of hydrogen-bond donors (Lipinski definition) is 2. The van der Waals surface area contributed by atoms with Crippen molar-refractivity contribution in [3.8, 4) is 0 Å². The van der Waals surface area contributed by atoms with Gasteiger partial charge >= 0.3 is 0 Å². The maximum absolute atomic E-state index is 11.2. The minimum Gasteiger partial charge on any atom is -0.372 e. The van der Waals surface area contributed by atoms with Crippen molar-refractivity contribution in [3.05, 3.63) is 10.8 Å². The average molecular weight is 302 g/mol. The molecule has 1 heterocycles. The summed E-state index contributed by atoms with van der Waals surface area (Å²) in [6, 6.07) is 0. The summed E-state index contributed by atoms with van der Waals surface area (Å²) in [5.41, 5.74) is 0. The van der Waals surface area contributed by atoms with Crippen molar-refractivity contribution < 1.29 is 4.79 Å². The van der Waals surface area contributed by atoms with E-state index in [0.717, 1.165) is 16.1 Å². The fraction of sp³-hybridized carbons (Fsp3) is 0.500. The Bertz CT molecular complexity index is 398. The first-order valence-electron chi connectivity index (χ1n) is 5.20. The van der Waals surface area contributed by atoms with Crippen molar-refractivity contribution >= 4 is 33.5 Å². The first kappa shape index (κ1) is 13.7. The van der Waals surface area contributed by atoms with Crippen LogP contribution >= 0.6 is 15.9 Å². The molecule has 0 bridgehead atoms. The number of hydrogen-bond acceptors (Lipinski definition) is 5. The van der Waals surface area contributed by atoms with Gasteiger partial charge in [0, 0.05) is 34.1 Å². The second-order valence-corrected chi connectivity index (χ2v) is 4.25. The van der Waals surface area contributed by atoms with Crippen LogP contribution in [0.1, 0.15) is 6.42 Å². The molecule has 0 aliphatic rings. The van der Waals surface area contributed by atoms with Gasteiger partial charge in [-0.3, -0.25) is 4.79 Å². The Labute approximate surface area is 109 Å². The van der Waals surface area contributed by atoms with Gasteiger partial charge < -0.3 is 15.5 Å². The van der Waals surface area contributed by atoms with Crippen LogP contribution in [0.25, 0.3) is 0 Å². The monoisotopic (exact) mass is 301 g/mol. The SMILES string of the molecule is CNC(=O)CCN(C)c1ncnc(NC)c1Br. The minimum atomic E-state index is 0.0101. The molecule has 17 heavy (non-hydrogen) atoms. The fourth-order valence-electron chi connectivity index (χ4n) is 1.30. The van der Waals surface area contributed by atoms with Gasteiger partial charge in [-0.25, -0.2) is 9.97 Å². The summed E-state index contributed by atoms with van der Waals surface area (Å²) in [7, 11) is 5.30. The van der Waals surface area contributed by atoms with Crippen LogP contribution in [0, 0.1) is 0 Å². The molecule has 1 aromatic rings. The molecule has 0 aromatic carbocycles. The molecule has 94 valence electrons. The molecule has 0 radical (unpaired) electrons. The van der Waals surface area contributed by atoms with E-state index < -0.39 is 0 Å². The number of amides is 1. The van der Waals surface area contributed by atoms with Gasteiger partial charge in [-0.1, -0.05) is 0 Å². The maximum Gasteiger partial charge on any atom is 0.221 e. The molecule has 0 fully saturated rings. The largest absolute Gasteiger partial charge is 0.372 e. The van der Waals surface area contributed by atoms with Crippen molar-refractivity contribution in [2.45, 2.75) is 6.42 Å². The summed E-state index contributed by atoms with van der Waals surface area (Å²) in [6.45, 7) is 0.596. The minimum absolute atomic E-state index is 0.0101. The Morgan fingerprint density at radius 2 is 2.18 bits per heavy atom. The molecule has 0 unspecified atom stereocenters. The van der Waals surface area contributed by atoms with E-state index in [-0.39, 0.29) is 5.91 Å². The Hall–Kier alpha value is -1.37. The van der Waals surface area contributed by atoms with Crippen molar-refractivity contribution in [3.63, 3.8) is 0 Å². The fourth-order valence-corrected chi connectivity index (χ4v) is 2.01. The lowest BCUT2D eigenvalue weighted by atomic mass is 10.3. The highest BCUT2D eigenvalue weighted by Gasteiger charge is 2.12. The van der Waals surface area contributed by atoms with Gasteiger partial charge in [0.15, 0.2) is 0 Å². The molecule has 1 aromatic heterocycles. The third-order valence-corrected chi connectivity index (χ3v) is 3.05. The standard InChI is InChI=1S/C10H16BrN5O/c1-12-7(17)4-5-16(3)10-8(11)9(13-2)14-6-15-10/h6H,4-5H2,1-3H3,(H,12,17)(H,13,14,15). The molecule has 1 amide bonds. The summed E-state index contributed by atoms with van der Waals surface area (Å²) >= 11 is 3.44. The Morgan fingerprint density at radius 3 is 2.76 bits per heavy atom. The zero-order chi connectivity index (χ0) is 12.8. The van der Waals surface area contributed by atoms with E-state index in [1.54, 1.807) is 14.1 Å². The van der Waals surface area contributed by atoms with E-state index in [2.05, 4.69) is 36.5 Å². The second kappa shape index (κ2) is 6.39. The van der Waals surface area contributed by atoms with Crippen molar-refractivity contribution in [1.29, 1.82) is 0 Å². The number of rotatable bonds is 5. The smallest absolute Gasteiger partial charge is 0.221 e. The molecule has 0 aliphatic heterocycles. The van der Waals surface area contributed by atoms with Crippen LogP contribution < -0.4 is 15.5 Å². The molecule has 7 heteroatoms. The van der Waals surface area contributed by atoms with Crippen LogP contribution in [0.5, 0.6) is 0 Å². The number of nitrogens with zero attached hydrogens (tertiary/aromatic N) is 3. The second-order valence-electron chi connectivity index (χ2n) is 3.45. The number of halogens is 1. The number of carbonyl (C=O) groups is 1. The molecule has 1 rings (SSSR count). The lowest BCUT2D eigenvalue weighted by molar-refractivity contribution is -0.120. The molecular weight excluding hydrogens is 286 g/mol. The van der Waals surface area contributed by atoms with Gasteiger partial charge in [0.25, 0.3) is 0 Å². The van der Waals surface area contributed by atoms with E-state index in [1.165, 1.54) is 6.33 Å². The van der Waals surface area contributed by atoms with Crippen LogP contribution in [-0.4, -0.2) is 43.6 Å². The summed E-state index contributed by atoms with van der Waals surface area (Å²) in [6.07, 6.45) is 1.92. The van der Waals surface area contributed by atoms with E-state index in [1.807, 2.05) is 11.9 Å². The van der Waals surface area contributed by atoms with Crippen molar-refractivity contribution in [2.75, 3.05) is 37.9 Å². The van der Waals surface area contributed by atoms with Gasteiger partial charge in [-0.15, -0.1) is 0 Å². The third-order valence-electron chi connectivity index (χ3n) is 2.32. The summed E-state index contributed by atoms with van der Waals surface area (Å²) in [5, 5.41) is 5.55. The van der Waals surface area contributed by atoms with E-state index in [0.29, 0.717) is 13.0 Å². The molecular formula is C10H16BrN5O. The van der Waals surface area contributed by atoms with Crippen LogP contribution in [0.2, 0.25) is 0 Å². The quantitative estimate of drug-likeness (QED) is 0.844. The topological polar surface area (TPSA) is 70.2 Å². The molecule has 0 saturated carbocycles. The average Bonchev–Trinajstić information content (AvgIpc) is 2.35. The van der Waals surface area contributed by atoms with Crippen LogP contribution in [0.15, 0.2) is 10.8 Å². The number of anilines is 2. The highest BCUT2D eigenvalue weighted by Crippen LogP contribution is 2.28. The Kier molecular flexibility index (Phi) is 5.14. The zero-order valence-electron chi connectivity index (χ0n) is 10.1. The van der Waals surface area contributed by atoms with Gasteiger partial charge in [-0.2, -0.15) is 0 Å². The Balaban J connectivity index is 2.75. The number of nitrogens with one attached hydrogen (secondary N) is 2. The van der Waals surface area contributed by atoms with E-state index in [4.69, 9.17) is 0 Å². The van der Waals surface area contributed by atoms with Gasteiger partial charge in [0.2, 0.25) is 5.91 Å². The predicted molar refractivity (Wildman–Crippen MR) is 71.2 cm³/mol. The number of carbonyl (C=O) groups excluding carboxylic acids is 1. The lowest BCUT2D eigenvalue weighted by Gasteiger charge is -2.19. The van der Waals surface area contributed by atoms with Crippen molar-refractivity contribution in [1.82, 2.24) is 15.3 Å². The molecule has 6 nitrogen and oxygen atoms in total. The zero-order valence-corrected chi connectivity index (χ0v) is 11.7. The molecule has 0 atom stereocenters. The molecule has 0 aliphatic carbocycles. The van der Waals surface area contributed by atoms with Crippen molar-refractivity contribution in [2.24, 2.45) is 0 Å². The molecule has 0 saturated heterocycles. The maximum atomic E-state index is 11.2. The van der Waals surface area contributed by atoms with Gasteiger partial charge in [0.1, 0.15) is 22.4 Å². The lowest BCUT2D eigenvalue weighted by Crippen LogP contribution is -2.27. The number of aromatic nitrogens is 2. The highest BCUT2D eigenvalue weighted by atomic mass is 79.9. The predicted octanol–water partition coefficient (Wildman–Crippen LogP) is 0.853. The third kappa shape index (κ3) is 3.55. The van der Waals surface area contributed by atoms with Gasteiger partial charge in [0.05, 0.1) is 0 Å². The van der Waals surface area contributed by atoms with Crippen LogP contribution in [-0.2, 0) is 4.79 Å². The first-order valence-corrected chi connectivity index (χ1v) is 5.99. The van der Waals surface area contributed by atoms with Crippen LogP contribution in [0.3, 0.4) is 0 Å². The van der Waals surface area contributed by atoms with E-state index >= 15 is 0 Å². The highest BCUT2D eigenvalue weighted by molar-refractivity contribution is 9.10.